The molecule has 1 aromatic carbocycles. The molecule has 3 aromatic rings. The average Bonchev–Trinajstić information content (AvgIpc) is 3.08. The average molecular weight is 366 g/mol. The fourth-order valence-electron chi connectivity index (χ4n) is 3.64. The third-order valence-corrected chi connectivity index (χ3v) is 5.22. The summed E-state index contributed by atoms with van der Waals surface area (Å²) >= 11 is 0. The first-order chi connectivity index (χ1) is 13.0. The van der Waals surface area contributed by atoms with Crippen LogP contribution in [0.15, 0.2) is 29.1 Å². The number of aromatic nitrogens is 5. The molecule has 27 heavy (non-hydrogen) atoms. The van der Waals surface area contributed by atoms with Crippen LogP contribution < -0.4 is 5.56 Å². The minimum absolute atomic E-state index is 0.0891. The lowest BCUT2D eigenvalue weighted by Crippen LogP contribution is -2.40. The van der Waals surface area contributed by atoms with Gasteiger partial charge in [0.1, 0.15) is 5.82 Å². The first kappa shape index (κ1) is 17.4. The molecule has 1 N–H and O–H groups in total. The van der Waals surface area contributed by atoms with E-state index in [0.29, 0.717) is 31.0 Å². The molecule has 0 unspecified atom stereocenters. The van der Waals surface area contributed by atoms with Gasteiger partial charge in [-0.3, -0.25) is 9.59 Å². The van der Waals surface area contributed by atoms with Crippen LogP contribution >= 0.6 is 0 Å². The summed E-state index contributed by atoms with van der Waals surface area (Å²) < 4.78 is 1.74. The van der Waals surface area contributed by atoms with E-state index in [4.69, 9.17) is 0 Å². The molecule has 8 nitrogen and oxygen atoms in total. The highest BCUT2D eigenvalue weighted by Gasteiger charge is 2.26. The Hall–Kier alpha value is -3.03. The fourth-order valence-corrected chi connectivity index (χ4v) is 3.64. The summed E-state index contributed by atoms with van der Waals surface area (Å²) in [4.78, 5) is 33.6. The van der Waals surface area contributed by atoms with Crippen LogP contribution in [0.25, 0.3) is 11.2 Å². The molecule has 0 atom stereocenters. The van der Waals surface area contributed by atoms with Gasteiger partial charge in [-0.15, -0.1) is 5.10 Å². The van der Waals surface area contributed by atoms with Crippen LogP contribution in [0, 0.1) is 13.8 Å². The van der Waals surface area contributed by atoms with Crippen molar-refractivity contribution in [1.82, 2.24) is 29.9 Å². The number of benzene rings is 1. The molecule has 0 saturated carbocycles. The highest BCUT2D eigenvalue weighted by atomic mass is 16.2. The minimum Gasteiger partial charge on any atom is -0.342 e. The van der Waals surface area contributed by atoms with Crippen molar-refractivity contribution < 1.29 is 4.79 Å². The number of fused-ring (bicyclic) bond motifs is 1. The Bertz CT molecular complexity index is 1050. The number of carbonyl (C=O) groups is 1. The third-order valence-electron chi connectivity index (χ3n) is 5.22. The summed E-state index contributed by atoms with van der Waals surface area (Å²) in [6.45, 7) is 5.10. The SMILES string of the molecule is Cc1nc2c(nnn2C2CCN(C(=O)Cc3ccccc3C)CC2)c(=O)[nH]1. The molecule has 3 heterocycles. The van der Waals surface area contributed by atoms with E-state index in [9.17, 15) is 9.59 Å². The highest BCUT2D eigenvalue weighted by molar-refractivity contribution is 5.79. The van der Waals surface area contributed by atoms with Crippen LogP contribution in [0.2, 0.25) is 0 Å². The molecule has 1 fully saturated rings. The zero-order chi connectivity index (χ0) is 19.0. The molecule has 0 bridgehead atoms. The standard InChI is InChI=1S/C19H22N6O2/c1-12-5-3-4-6-14(12)11-16(26)24-9-7-15(8-10-24)25-18-17(22-23-25)19(27)21-13(2)20-18/h3-6,15H,7-11H2,1-2H3,(H,20,21,27). The van der Waals surface area contributed by atoms with Crippen molar-refractivity contribution in [3.8, 4) is 0 Å². The van der Waals surface area contributed by atoms with Gasteiger partial charge in [-0.1, -0.05) is 29.5 Å². The van der Waals surface area contributed by atoms with Gasteiger partial charge in [0.15, 0.2) is 11.2 Å². The summed E-state index contributed by atoms with van der Waals surface area (Å²) in [7, 11) is 0. The second-order valence-corrected chi connectivity index (χ2v) is 7.07. The van der Waals surface area contributed by atoms with Gasteiger partial charge in [-0.05, 0) is 37.8 Å². The first-order valence-corrected chi connectivity index (χ1v) is 9.17. The molecule has 1 aliphatic heterocycles. The van der Waals surface area contributed by atoms with Gasteiger partial charge in [0.25, 0.3) is 5.56 Å². The van der Waals surface area contributed by atoms with Gasteiger partial charge < -0.3 is 9.88 Å². The number of nitrogens with one attached hydrogen (secondary N) is 1. The van der Waals surface area contributed by atoms with Crippen LogP contribution in [0.4, 0.5) is 0 Å². The number of amides is 1. The number of H-pyrrole nitrogens is 1. The molecule has 0 spiro atoms. The van der Waals surface area contributed by atoms with Gasteiger partial charge in [0, 0.05) is 13.1 Å². The van der Waals surface area contributed by atoms with E-state index in [-0.39, 0.29) is 23.0 Å². The molecule has 0 aliphatic carbocycles. The Labute approximate surface area is 156 Å². The van der Waals surface area contributed by atoms with Gasteiger partial charge >= 0.3 is 0 Å². The van der Waals surface area contributed by atoms with E-state index in [1.807, 2.05) is 36.1 Å². The van der Waals surface area contributed by atoms with Crippen LogP contribution in [-0.2, 0) is 11.2 Å². The van der Waals surface area contributed by atoms with Crippen LogP contribution in [0.5, 0.6) is 0 Å². The Kier molecular flexibility index (Phi) is 4.47. The number of hydrogen-bond donors (Lipinski definition) is 1. The molecule has 1 saturated heterocycles. The predicted molar refractivity (Wildman–Crippen MR) is 100 cm³/mol. The van der Waals surface area contributed by atoms with E-state index >= 15 is 0 Å². The molecule has 1 aliphatic rings. The largest absolute Gasteiger partial charge is 0.342 e. The van der Waals surface area contributed by atoms with E-state index < -0.39 is 0 Å². The lowest BCUT2D eigenvalue weighted by Gasteiger charge is -2.32. The maximum absolute atomic E-state index is 12.6. The minimum atomic E-state index is -0.269. The molecule has 140 valence electrons. The summed E-state index contributed by atoms with van der Waals surface area (Å²) in [5.74, 6) is 0.693. The molecule has 2 aromatic heterocycles. The van der Waals surface area contributed by atoms with E-state index in [2.05, 4.69) is 20.3 Å². The quantitative estimate of drug-likeness (QED) is 0.758. The van der Waals surface area contributed by atoms with Crippen LogP contribution in [0.3, 0.4) is 0 Å². The smallest absolute Gasteiger partial charge is 0.281 e. The van der Waals surface area contributed by atoms with Crippen molar-refractivity contribution in [3.63, 3.8) is 0 Å². The fraction of sp³-hybridized carbons (Fsp3) is 0.421. The zero-order valence-corrected chi connectivity index (χ0v) is 15.5. The number of likely N-dealkylation sites (tertiary alicyclic amines) is 1. The van der Waals surface area contributed by atoms with Crippen LogP contribution in [-0.4, -0.2) is 48.9 Å². The van der Waals surface area contributed by atoms with Gasteiger partial charge in [-0.2, -0.15) is 0 Å². The van der Waals surface area contributed by atoms with E-state index in [1.54, 1.807) is 11.6 Å². The summed E-state index contributed by atoms with van der Waals surface area (Å²) in [6, 6.07) is 8.08. The second-order valence-electron chi connectivity index (χ2n) is 7.07. The number of carbonyl (C=O) groups excluding carboxylic acids is 1. The molecule has 1 amide bonds. The lowest BCUT2D eigenvalue weighted by molar-refractivity contribution is -0.131. The lowest BCUT2D eigenvalue weighted by atomic mass is 10.0. The van der Waals surface area contributed by atoms with Gasteiger partial charge in [0.05, 0.1) is 12.5 Å². The molecule has 4 rings (SSSR count). The predicted octanol–water partition coefficient (Wildman–Crippen LogP) is 1.54. The van der Waals surface area contributed by atoms with Crippen LogP contribution in [0.1, 0.15) is 35.8 Å². The maximum Gasteiger partial charge on any atom is 0.281 e. The zero-order valence-electron chi connectivity index (χ0n) is 15.5. The Morgan fingerprint density at radius 3 is 2.70 bits per heavy atom. The summed E-state index contributed by atoms with van der Waals surface area (Å²) in [5, 5.41) is 8.13. The number of hydrogen-bond acceptors (Lipinski definition) is 5. The Morgan fingerprint density at radius 2 is 1.96 bits per heavy atom. The van der Waals surface area contributed by atoms with Crippen molar-refractivity contribution in [2.24, 2.45) is 0 Å². The summed E-state index contributed by atoms with van der Waals surface area (Å²) in [6.07, 6.45) is 1.97. The number of aromatic amines is 1. The Balaban J connectivity index is 1.46. The van der Waals surface area contributed by atoms with Gasteiger partial charge in [0.2, 0.25) is 5.91 Å². The van der Waals surface area contributed by atoms with E-state index in [1.165, 1.54) is 0 Å². The molecular weight excluding hydrogens is 344 g/mol. The van der Waals surface area contributed by atoms with Crippen molar-refractivity contribution in [1.29, 1.82) is 0 Å². The number of rotatable bonds is 3. The Morgan fingerprint density at radius 1 is 1.22 bits per heavy atom. The molecule has 0 radical (unpaired) electrons. The van der Waals surface area contributed by atoms with Gasteiger partial charge in [-0.25, -0.2) is 9.67 Å². The number of nitrogens with zero attached hydrogens (tertiary/aromatic N) is 5. The van der Waals surface area contributed by atoms with Crippen molar-refractivity contribution >= 4 is 17.1 Å². The second kappa shape index (κ2) is 6.94. The van der Waals surface area contributed by atoms with Crippen molar-refractivity contribution in [2.45, 2.75) is 39.2 Å². The van der Waals surface area contributed by atoms with Crippen molar-refractivity contribution in [2.75, 3.05) is 13.1 Å². The number of aryl methyl sites for hydroxylation is 2. The maximum atomic E-state index is 12.6. The van der Waals surface area contributed by atoms with E-state index in [0.717, 1.165) is 24.0 Å². The topological polar surface area (TPSA) is 96.8 Å². The highest BCUT2D eigenvalue weighted by Crippen LogP contribution is 2.24. The monoisotopic (exact) mass is 366 g/mol. The molecular formula is C19H22N6O2. The van der Waals surface area contributed by atoms with Crippen molar-refractivity contribution in [3.05, 3.63) is 51.6 Å². The summed E-state index contributed by atoms with van der Waals surface area (Å²) in [5.41, 5.74) is 2.72. The normalized spacial score (nSPS) is 15.4. The number of piperidine rings is 1. The molecule has 8 heteroatoms. The third kappa shape index (κ3) is 3.34. The first-order valence-electron chi connectivity index (χ1n) is 9.17.